The van der Waals surface area contributed by atoms with E-state index in [1.54, 1.807) is 11.1 Å². The van der Waals surface area contributed by atoms with Crippen LogP contribution in [0.4, 0.5) is 0 Å². The molecule has 8 aliphatic rings. The van der Waals surface area contributed by atoms with Gasteiger partial charge >= 0.3 is 0 Å². The maximum absolute atomic E-state index is 6.65. The summed E-state index contributed by atoms with van der Waals surface area (Å²) < 4.78 is 18.4. The van der Waals surface area contributed by atoms with Crippen LogP contribution in [0.15, 0.2) is 118 Å². The summed E-state index contributed by atoms with van der Waals surface area (Å²) >= 11 is 0. The molecule has 0 aliphatic heterocycles. The van der Waals surface area contributed by atoms with E-state index >= 15 is 0 Å². The zero-order valence-corrected chi connectivity index (χ0v) is 38.7. The van der Waals surface area contributed by atoms with Crippen molar-refractivity contribution in [2.24, 2.45) is 23.7 Å². The number of nitrogens with zero attached hydrogens (tertiary/aromatic N) is 4. The Labute approximate surface area is 400 Å². The van der Waals surface area contributed by atoms with Crippen molar-refractivity contribution in [1.82, 2.24) is 18.8 Å². The van der Waals surface area contributed by atoms with Crippen LogP contribution >= 0.6 is 0 Å². The van der Waals surface area contributed by atoms with E-state index < -0.39 is 0 Å². The van der Waals surface area contributed by atoms with Crippen LogP contribution in [0, 0.1) is 23.7 Å². The first-order chi connectivity index (χ1) is 34.6. The van der Waals surface area contributed by atoms with Crippen LogP contribution in [0.5, 0.6) is 0 Å². The number of rotatable bonds is 1. The molecule has 8 heterocycles. The second-order valence-corrected chi connectivity index (χ2v) is 23.7. The Balaban J connectivity index is 0.948. The van der Waals surface area contributed by atoms with Gasteiger partial charge in [-0.1, -0.05) is 36.4 Å². The first-order valence-corrected chi connectivity index (χ1v) is 26.5. The predicted octanol–water partition coefficient (Wildman–Crippen LogP) is 17.0. The van der Waals surface area contributed by atoms with Gasteiger partial charge in [-0.2, -0.15) is 0 Å². The molecule has 0 spiro atoms. The molecular formula is C64H46N4O2. The highest BCUT2D eigenvalue weighted by Gasteiger charge is 2.46. The number of para-hydroxylation sites is 2. The highest BCUT2D eigenvalue weighted by atomic mass is 16.3. The van der Waals surface area contributed by atoms with Crippen LogP contribution in [0.1, 0.15) is 110 Å². The van der Waals surface area contributed by atoms with Crippen molar-refractivity contribution >= 4 is 120 Å². The molecule has 0 amide bonds. The van der Waals surface area contributed by atoms with Crippen molar-refractivity contribution in [1.29, 1.82) is 0 Å². The van der Waals surface area contributed by atoms with E-state index in [9.17, 15) is 0 Å². The zero-order valence-electron chi connectivity index (χ0n) is 38.7. The van der Waals surface area contributed by atoms with Crippen LogP contribution in [0.2, 0.25) is 0 Å². The van der Waals surface area contributed by atoms with Crippen molar-refractivity contribution in [3.05, 3.63) is 132 Å². The van der Waals surface area contributed by atoms with Gasteiger partial charge in [0.05, 0.1) is 45.5 Å². The highest BCUT2D eigenvalue weighted by Crippen LogP contribution is 2.60. The molecule has 4 saturated carbocycles. The Hall–Kier alpha value is -7.18. The fourth-order valence-electron chi connectivity index (χ4n) is 18.0. The molecule has 8 bridgehead atoms. The van der Waals surface area contributed by atoms with E-state index in [0.717, 1.165) is 46.0 Å². The molecular weight excluding hydrogens is 857 g/mol. The number of aromatic nitrogens is 4. The number of pyridine rings is 2. The lowest BCUT2D eigenvalue weighted by atomic mass is 9.67. The predicted molar refractivity (Wildman–Crippen MR) is 282 cm³/mol. The van der Waals surface area contributed by atoms with Gasteiger partial charge in [0, 0.05) is 100.0 Å². The van der Waals surface area contributed by atoms with Gasteiger partial charge in [0.15, 0.2) is 0 Å². The lowest BCUT2D eigenvalue weighted by Gasteiger charge is -2.38. The Bertz CT molecular complexity index is 4420. The molecule has 6 heteroatoms. The molecule has 22 rings (SSSR count). The Morgan fingerprint density at radius 2 is 0.771 bits per heavy atom. The molecule has 70 heavy (non-hydrogen) atoms. The third kappa shape index (κ3) is 4.16. The summed E-state index contributed by atoms with van der Waals surface area (Å²) in [6.45, 7) is 0. The minimum Gasteiger partial charge on any atom is -0.456 e. The van der Waals surface area contributed by atoms with Gasteiger partial charge in [-0.25, -0.2) is 0 Å². The number of benzene rings is 6. The van der Waals surface area contributed by atoms with Gasteiger partial charge in [-0.15, -0.1) is 0 Å². The first-order valence-electron chi connectivity index (χ1n) is 26.5. The normalized spacial score (nSPS) is 26.0. The van der Waals surface area contributed by atoms with E-state index in [-0.39, 0.29) is 0 Å². The standard InChI is InChI=1S/C64H46N4O2/c1-3-7-53-39(5-1)43-23-41-45-19-33(21-47-59-51(67(63(45)47)49(41)25-55(43)69-53)27-65-61-37-15-29-9-30(16-37)12-35(11-29)57(59)61)34-20-46-42-24-44-40-6-2-4-8-54(40)70-56(44)26-50(42)68-52-28-66-62-38-17-31-10-32(18-38)14-36(13-31)58(62)60(52)48(22-34)64(46)68/h1-8,19-32,35-38H,9-18H2. The van der Waals surface area contributed by atoms with Crippen molar-refractivity contribution in [2.45, 2.75) is 87.9 Å². The number of furan rings is 2. The average molecular weight is 903 g/mol. The van der Waals surface area contributed by atoms with E-state index in [4.69, 9.17) is 18.8 Å². The van der Waals surface area contributed by atoms with Crippen LogP contribution in [0.25, 0.3) is 131 Å². The number of fused-ring (bicyclic) bond motifs is 18. The summed E-state index contributed by atoms with van der Waals surface area (Å²) in [7, 11) is 0. The van der Waals surface area contributed by atoms with Gasteiger partial charge in [0.25, 0.3) is 0 Å². The fourth-order valence-corrected chi connectivity index (χ4v) is 18.0. The van der Waals surface area contributed by atoms with Gasteiger partial charge in [0.1, 0.15) is 22.3 Å². The van der Waals surface area contributed by atoms with Gasteiger partial charge in [-0.05, 0) is 171 Å². The fraction of sp³-hybridized carbons (Fsp3) is 0.281. The Kier molecular flexibility index (Phi) is 6.08. The molecule has 14 aromatic rings. The lowest BCUT2D eigenvalue weighted by molar-refractivity contribution is 0.165. The molecule has 8 aliphatic carbocycles. The molecule has 4 unspecified atom stereocenters. The SMILES string of the molecule is c1ccc2c(c1)oc1cc3c(cc12)c1cc(-c2cc4c5cc6c(cc5n5c7cnc8c(c7c(c2)c45)C2CC4CC(CC8C4)C2)oc2ccccc26)cc2c4c5c(ncc4n3c12)C1CC2CC(C1)CC5C2. The van der Waals surface area contributed by atoms with Crippen molar-refractivity contribution in [3.63, 3.8) is 0 Å². The quantitative estimate of drug-likeness (QED) is 0.165. The monoisotopic (exact) mass is 902 g/mol. The molecule has 4 atom stereocenters. The van der Waals surface area contributed by atoms with Gasteiger partial charge in [-0.3, -0.25) is 9.97 Å². The maximum Gasteiger partial charge on any atom is 0.137 e. The van der Waals surface area contributed by atoms with Gasteiger partial charge in [0.2, 0.25) is 0 Å². The average Bonchev–Trinajstić information content (AvgIpc) is 4.20. The van der Waals surface area contributed by atoms with Crippen LogP contribution < -0.4 is 0 Å². The highest BCUT2D eigenvalue weighted by molar-refractivity contribution is 6.30. The Morgan fingerprint density at radius 3 is 1.23 bits per heavy atom. The summed E-state index contributed by atoms with van der Waals surface area (Å²) in [6, 6.07) is 36.9. The number of hydrogen-bond acceptors (Lipinski definition) is 4. The topological polar surface area (TPSA) is 60.9 Å². The van der Waals surface area contributed by atoms with Gasteiger partial charge < -0.3 is 17.6 Å². The smallest absolute Gasteiger partial charge is 0.137 e. The van der Waals surface area contributed by atoms with E-state index in [1.165, 1.54) is 184 Å². The lowest BCUT2D eigenvalue weighted by Crippen LogP contribution is -2.25. The molecule has 0 N–H and O–H groups in total. The first kappa shape index (κ1) is 35.9. The van der Waals surface area contributed by atoms with Crippen molar-refractivity contribution in [3.8, 4) is 11.1 Å². The van der Waals surface area contributed by atoms with E-state index in [1.807, 2.05) is 0 Å². The summed E-state index contributed by atoms with van der Waals surface area (Å²) in [5, 5.41) is 15.6. The molecule has 8 aromatic heterocycles. The summed E-state index contributed by atoms with van der Waals surface area (Å²) in [4.78, 5) is 11.1. The van der Waals surface area contributed by atoms with Crippen molar-refractivity contribution < 1.29 is 8.83 Å². The zero-order chi connectivity index (χ0) is 44.6. The molecule has 6 nitrogen and oxygen atoms in total. The Morgan fingerprint density at radius 1 is 0.357 bits per heavy atom. The molecule has 6 aromatic carbocycles. The molecule has 334 valence electrons. The summed E-state index contributed by atoms with van der Waals surface area (Å²) in [5.74, 6) is 5.56. The van der Waals surface area contributed by atoms with E-state index in [0.29, 0.717) is 23.7 Å². The van der Waals surface area contributed by atoms with E-state index in [2.05, 4.69) is 118 Å². The van der Waals surface area contributed by atoms with Crippen molar-refractivity contribution in [2.75, 3.05) is 0 Å². The third-order valence-electron chi connectivity index (χ3n) is 20.2. The van der Waals surface area contributed by atoms with Crippen LogP contribution in [-0.2, 0) is 0 Å². The largest absolute Gasteiger partial charge is 0.456 e. The molecule has 0 radical (unpaired) electrons. The molecule has 0 saturated heterocycles. The third-order valence-corrected chi connectivity index (χ3v) is 20.2. The summed E-state index contributed by atoms with van der Waals surface area (Å²) in [5.41, 5.74) is 19.9. The summed E-state index contributed by atoms with van der Waals surface area (Å²) in [6.07, 6.45) is 17.8. The molecule has 4 fully saturated rings. The van der Waals surface area contributed by atoms with Crippen LogP contribution in [-0.4, -0.2) is 18.8 Å². The second-order valence-electron chi connectivity index (χ2n) is 23.7. The number of hydrogen-bond donors (Lipinski definition) is 0. The minimum atomic E-state index is 0.565. The minimum absolute atomic E-state index is 0.565. The maximum atomic E-state index is 6.65. The van der Waals surface area contributed by atoms with Crippen LogP contribution in [0.3, 0.4) is 0 Å². The second kappa shape index (κ2) is 11.9.